The highest BCUT2D eigenvalue weighted by molar-refractivity contribution is 6.50. The maximum Gasteiger partial charge on any atom is 0.338 e. The summed E-state index contributed by atoms with van der Waals surface area (Å²) in [6.07, 6.45) is 0.572. The van der Waals surface area contributed by atoms with Crippen molar-refractivity contribution in [2.75, 3.05) is 19.0 Å². The largest absolute Gasteiger partial charge is 0.462 e. The molecule has 1 aliphatic carbocycles. The molecule has 0 unspecified atom stereocenters. The van der Waals surface area contributed by atoms with Crippen molar-refractivity contribution in [3.05, 3.63) is 33.9 Å². The van der Waals surface area contributed by atoms with Crippen molar-refractivity contribution >= 4 is 40.5 Å². The Balaban J connectivity index is 2.06. The first-order chi connectivity index (χ1) is 9.35. The minimum absolute atomic E-state index is 0.0821. The molecule has 0 aromatic heterocycles. The topological polar surface area (TPSA) is 81.5 Å². The van der Waals surface area contributed by atoms with Crippen molar-refractivity contribution in [3.8, 4) is 0 Å². The van der Waals surface area contributed by atoms with Crippen LogP contribution in [0.5, 0.6) is 0 Å². The van der Waals surface area contributed by atoms with E-state index in [9.17, 15) is 14.9 Å². The van der Waals surface area contributed by atoms with Gasteiger partial charge in [-0.05, 0) is 18.6 Å². The molecule has 8 heteroatoms. The summed E-state index contributed by atoms with van der Waals surface area (Å²) >= 11 is 11.6. The molecular formula is C12H12Cl2N2O4. The van der Waals surface area contributed by atoms with Gasteiger partial charge in [0.25, 0.3) is 5.69 Å². The highest BCUT2D eigenvalue weighted by Gasteiger charge is 2.52. The molecule has 0 radical (unpaired) electrons. The summed E-state index contributed by atoms with van der Waals surface area (Å²) in [5, 5.41) is 13.6. The molecule has 0 saturated heterocycles. The molecule has 6 nitrogen and oxygen atoms in total. The Morgan fingerprint density at radius 1 is 1.60 bits per heavy atom. The number of alkyl halides is 2. The van der Waals surface area contributed by atoms with Crippen LogP contribution in [0.3, 0.4) is 0 Å². The van der Waals surface area contributed by atoms with Gasteiger partial charge >= 0.3 is 5.97 Å². The van der Waals surface area contributed by atoms with Crippen molar-refractivity contribution in [1.82, 2.24) is 0 Å². The molecule has 0 aliphatic heterocycles. The minimum Gasteiger partial charge on any atom is -0.462 e. The number of rotatable bonds is 5. The van der Waals surface area contributed by atoms with E-state index in [2.05, 4.69) is 5.32 Å². The summed E-state index contributed by atoms with van der Waals surface area (Å²) in [5.41, 5.74) is 0.262. The number of carbonyl (C=O) groups is 1. The molecule has 0 spiro atoms. The Hall–Kier alpha value is -1.53. The SMILES string of the molecule is CNc1ccc(C(=O)OC[C@@H]2CC2(Cl)Cl)cc1[N+](=O)[O-]. The van der Waals surface area contributed by atoms with Crippen LogP contribution in [0.2, 0.25) is 0 Å². The Labute approximate surface area is 125 Å². The first kappa shape index (κ1) is 14.9. The Morgan fingerprint density at radius 3 is 2.75 bits per heavy atom. The minimum atomic E-state index is -0.817. The van der Waals surface area contributed by atoms with Gasteiger partial charge in [-0.2, -0.15) is 0 Å². The third-order valence-corrected chi connectivity index (χ3v) is 4.00. The number of benzene rings is 1. The van der Waals surface area contributed by atoms with E-state index in [1.807, 2.05) is 0 Å². The average molecular weight is 319 g/mol. The number of esters is 1. The van der Waals surface area contributed by atoms with Crippen LogP contribution in [0.15, 0.2) is 18.2 Å². The highest BCUT2D eigenvalue weighted by atomic mass is 35.5. The van der Waals surface area contributed by atoms with Gasteiger partial charge in [0.15, 0.2) is 0 Å². The van der Waals surface area contributed by atoms with Crippen molar-refractivity contribution < 1.29 is 14.5 Å². The van der Waals surface area contributed by atoms with Crippen LogP contribution in [0.4, 0.5) is 11.4 Å². The molecule has 1 aliphatic rings. The average Bonchev–Trinajstić information content (AvgIpc) is 3.02. The fourth-order valence-corrected chi connectivity index (χ4v) is 2.23. The molecule has 0 heterocycles. The summed E-state index contributed by atoms with van der Waals surface area (Å²) in [6.45, 7) is 0.105. The molecule has 0 bridgehead atoms. The van der Waals surface area contributed by atoms with Crippen LogP contribution < -0.4 is 5.32 Å². The highest BCUT2D eigenvalue weighted by Crippen LogP contribution is 2.53. The van der Waals surface area contributed by atoms with Crippen molar-refractivity contribution in [2.45, 2.75) is 10.8 Å². The lowest BCUT2D eigenvalue weighted by atomic mass is 10.1. The number of carbonyl (C=O) groups excluding carboxylic acids is 1. The predicted molar refractivity (Wildman–Crippen MR) is 75.5 cm³/mol. The number of nitro groups is 1. The Kier molecular flexibility index (Phi) is 4.06. The van der Waals surface area contributed by atoms with Crippen LogP contribution in [0.1, 0.15) is 16.8 Å². The predicted octanol–water partition coefficient (Wildman–Crippen LogP) is 2.99. The summed E-state index contributed by atoms with van der Waals surface area (Å²) in [7, 11) is 1.56. The fourth-order valence-electron chi connectivity index (χ4n) is 1.73. The zero-order valence-electron chi connectivity index (χ0n) is 10.6. The lowest BCUT2D eigenvalue weighted by Gasteiger charge is -2.06. The van der Waals surface area contributed by atoms with Crippen molar-refractivity contribution in [2.24, 2.45) is 5.92 Å². The number of ether oxygens (including phenoxy) is 1. The number of halogens is 2. The Morgan fingerprint density at radius 2 is 2.25 bits per heavy atom. The molecule has 20 heavy (non-hydrogen) atoms. The fraction of sp³-hybridized carbons (Fsp3) is 0.417. The van der Waals surface area contributed by atoms with E-state index < -0.39 is 15.2 Å². The lowest BCUT2D eigenvalue weighted by Crippen LogP contribution is -2.10. The van der Waals surface area contributed by atoms with Crippen LogP contribution in [0.25, 0.3) is 0 Å². The van der Waals surface area contributed by atoms with E-state index >= 15 is 0 Å². The van der Waals surface area contributed by atoms with Crippen LogP contribution >= 0.6 is 23.2 Å². The maximum absolute atomic E-state index is 11.8. The van der Waals surface area contributed by atoms with Gasteiger partial charge in [-0.3, -0.25) is 10.1 Å². The third kappa shape index (κ3) is 3.13. The summed E-state index contributed by atoms with van der Waals surface area (Å²) in [6, 6.07) is 4.09. The standard InChI is InChI=1S/C12H12Cl2N2O4/c1-15-9-3-2-7(4-10(9)16(18)19)11(17)20-6-8-5-12(8,13)14/h2-4,8,15H,5-6H2,1H3/t8-/m0/s1. The van der Waals surface area contributed by atoms with E-state index in [1.54, 1.807) is 7.05 Å². The van der Waals surface area contributed by atoms with E-state index in [-0.39, 0.29) is 23.8 Å². The number of nitrogens with zero attached hydrogens (tertiary/aromatic N) is 1. The maximum atomic E-state index is 11.8. The van der Waals surface area contributed by atoms with Gasteiger partial charge in [0.1, 0.15) is 10.0 Å². The first-order valence-corrected chi connectivity index (χ1v) is 6.62. The number of hydrogen-bond acceptors (Lipinski definition) is 5. The monoisotopic (exact) mass is 318 g/mol. The molecule has 1 fully saturated rings. The van der Waals surface area contributed by atoms with Gasteiger partial charge in [-0.15, -0.1) is 23.2 Å². The molecule has 1 saturated carbocycles. The molecule has 1 N–H and O–H groups in total. The first-order valence-electron chi connectivity index (χ1n) is 5.86. The third-order valence-electron chi connectivity index (χ3n) is 3.07. The molecule has 2 rings (SSSR count). The molecule has 1 aromatic rings. The van der Waals surface area contributed by atoms with Gasteiger partial charge in [0.2, 0.25) is 0 Å². The van der Waals surface area contributed by atoms with Crippen LogP contribution in [-0.2, 0) is 4.74 Å². The summed E-state index contributed by atoms with van der Waals surface area (Å²) in [5.74, 6) is -0.715. The smallest absolute Gasteiger partial charge is 0.338 e. The molecule has 0 amide bonds. The number of nitrogens with one attached hydrogen (secondary N) is 1. The van der Waals surface area contributed by atoms with E-state index in [4.69, 9.17) is 27.9 Å². The van der Waals surface area contributed by atoms with Crippen LogP contribution in [-0.4, -0.2) is 28.9 Å². The second-order valence-electron chi connectivity index (χ2n) is 4.50. The zero-order chi connectivity index (χ0) is 14.9. The molecule has 1 atom stereocenters. The van der Waals surface area contributed by atoms with Gasteiger partial charge in [-0.1, -0.05) is 0 Å². The molecular weight excluding hydrogens is 307 g/mol. The zero-order valence-corrected chi connectivity index (χ0v) is 12.1. The summed E-state index contributed by atoms with van der Waals surface area (Å²) < 4.78 is 4.23. The lowest BCUT2D eigenvalue weighted by molar-refractivity contribution is -0.384. The second kappa shape index (κ2) is 5.46. The van der Waals surface area contributed by atoms with Crippen molar-refractivity contribution in [1.29, 1.82) is 0 Å². The second-order valence-corrected chi connectivity index (χ2v) is 6.04. The number of hydrogen-bond donors (Lipinski definition) is 1. The quantitative estimate of drug-likeness (QED) is 0.390. The Bertz CT molecular complexity index is 562. The number of anilines is 1. The van der Waals surface area contributed by atoms with E-state index in [0.29, 0.717) is 12.1 Å². The summed E-state index contributed by atoms with van der Waals surface area (Å²) in [4.78, 5) is 22.1. The van der Waals surface area contributed by atoms with E-state index in [0.717, 1.165) is 0 Å². The molecule has 1 aromatic carbocycles. The van der Waals surface area contributed by atoms with Crippen molar-refractivity contribution in [3.63, 3.8) is 0 Å². The van der Waals surface area contributed by atoms with Gasteiger partial charge in [0, 0.05) is 19.0 Å². The molecule has 108 valence electrons. The van der Waals surface area contributed by atoms with Gasteiger partial charge in [0.05, 0.1) is 17.1 Å². The van der Waals surface area contributed by atoms with Gasteiger partial charge in [-0.25, -0.2) is 4.79 Å². The van der Waals surface area contributed by atoms with Gasteiger partial charge < -0.3 is 10.1 Å². The number of nitro benzene ring substituents is 1. The van der Waals surface area contributed by atoms with E-state index in [1.165, 1.54) is 18.2 Å². The normalized spacial score (nSPS) is 19.2. The van der Waals surface area contributed by atoms with Crippen LogP contribution in [0, 0.1) is 16.0 Å².